The zero-order chi connectivity index (χ0) is 30.7. The maximum atomic E-state index is 13.8. The molecule has 1 saturated carbocycles. The molecule has 0 radical (unpaired) electrons. The van der Waals surface area contributed by atoms with Crippen LogP contribution in [-0.2, 0) is 0 Å². The second-order valence-electron chi connectivity index (χ2n) is 14.4. The number of nitrogens with zero attached hydrogens (tertiary/aromatic N) is 2. The first-order valence-corrected chi connectivity index (χ1v) is 17.3. The van der Waals surface area contributed by atoms with Crippen LogP contribution in [0.5, 0.6) is 11.5 Å². The van der Waals surface area contributed by atoms with E-state index < -0.39 is 0 Å². The van der Waals surface area contributed by atoms with Crippen molar-refractivity contribution in [3.05, 3.63) is 52.5 Å². The molecule has 2 aromatic rings. The molecule has 0 unspecified atom stereocenters. The molecular formula is C36H51ClN4O3. The topological polar surface area (TPSA) is 66.1 Å². The lowest BCUT2D eigenvalue weighted by Gasteiger charge is -2.37. The summed E-state index contributed by atoms with van der Waals surface area (Å²) in [4.78, 5) is 18.2. The minimum atomic E-state index is 0.0674. The summed E-state index contributed by atoms with van der Waals surface area (Å²) in [7, 11) is 0. The number of anilines is 1. The quantitative estimate of drug-likeness (QED) is 0.368. The van der Waals surface area contributed by atoms with E-state index in [9.17, 15) is 4.79 Å². The Kier molecular flexibility index (Phi) is 9.94. The van der Waals surface area contributed by atoms with Gasteiger partial charge in [-0.05, 0) is 91.8 Å². The van der Waals surface area contributed by atoms with Gasteiger partial charge in [0.2, 0.25) is 0 Å². The number of piperazine rings is 1. The molecule has 1 amide bonds. The molecule has 0 spiro atoms. The van der Waals surface area contributed by atoms with Crippen molar-refractivity contribution in [1.29, 1.82) is 0 Å². The Morgan fingerprint density at radius 2 is 1.57 bits per heavy atom. The third kappa shape index (κ3) is 7.66. The molecule has 7 nitrogen and oxygen atoms in total. The Morgan fingerprint density at radius 3 is 2.25 bits per heavy atom. The molecule has 0 aromatic heterocycles. The van der Waals surface area contributed by atoms with Gasteiger partial charge in [-0.25, -0.2) is 0 Å². The highest BCUT2D eigenvalue weighted by Crippen LogP contribution is 2.45. The molecule has 44 heavy (non-hydrogen) atoms. The highest BCUT2D eigenvalue weighted by Gasteiger charge is 2.33. The highest BCUT2D eigenvalue weighted by atomic mass is 35.5. The van der Waals surface area contributed by atoms with Gasteiger partial charge in [-0.15, -0.1) is 0 Å². The van der Waals surface area contributed by atoms with E-state index in [1.165, 1.54) is 18.4 Å². The van der Waals surface area contributed by atoms with E-state index in [4.69, 9.17) is 21.1 Å². The maximum Gasteiger partial charge on any atom is 0.253 e. The van der Waals surface area contributed by atoms with Crippen LogP contribution >= 0.6 is 11.6 Å². The molecule has 1 atom stereocenters. The Bertz CT molecular complexity index is 1270. The number of amides is 1. The molecule has 3 saturated heterocycles. The van der Waals surface area contributed by atoms with Crippen LogP contribution in [0.4, 0.5) is 5.69 Å². The molecule has 2 N–H and O–H groups in total. The molecular weight excluding hydrogens is 572 g/mol. The Balaban J connectivity index is 1.10. The van der Waals surface area contributed by atoms with E-state index in [2.05, 4.69) is 54.5 Å². The van der Waals surface area contributed by atoms with E-state index in [1.54, 1.807) is 0 Å². The van der Waals surface area contributed by atoms with Crippen molar-refractivity contribution in [1.82, 2.24) is 15.5 Å². The molecule has 4 aliphatic rings. The van der Waals surface area contributed by atoms with Crippen molar-refractivity contribution < 1.29 is 14.3 Å². The van der Waals surface area contributed by atoms with Crippen molar-refractivity contribution in [2.75, 3.05) is 57.3 Å². The third-order valence-corrected chi connectivity index (χ3v) is 10.5. The average Bonchev–Trinajstić information content (AvgIpc) is 3.54. The summed E-state index contributed by atoms with van der Waals surface area (Å²) >= 11 is 6.49. The molecule has 2 aromatic carbocycles. The summed E-state index contributed by atoms with van der Waals surface area (Å²) in [5.41, 5.74) is 3.47. The lowest BCUT2D eigenvalue weighted by atomic mass is 9.68. The van der Waals surface area contributed by atoms with Gasteiger partial charge in [0.25, 0.3) is 5.91 Å². The molecule has 6 rings (SSSR count). The largest absolute Gasteiger partial charge is 0.490 e. The van der Waals surface area contributed by atoms with Crippen molar-refractivity contribution >= 4 is 23.2 Å². The lowest BCUT2D eigenvalue weighted by molar-refractivity contribution is 0.0595. The van der Waals surface area contributed by atoms with Crippen LogP contribution in [0.15, 0.2) is 36.4 Å². The van der Waals surface area contributed by atoms with Crippen LogP contribution in [0.2, 0.25) is 5.02 Å². The van der Waals surface area contributed by atoms with Gasteiger partial charge >= 0.3 is 0 Å². The number of carbonyl (C=O) groups excluding carboxylic acids is 1. The second kappa shape index (κ2) is 13.9. The Labute approximate surface area is 269 Å². The fourth-order valence-electron chi connectivity index (χ4n) is 7.56. The van der Waals surface area contributed by atoms with Crippen molar-refractivity contribution in [2.24, 2.45) is 11.3 Å². The van der Waals surface area contributed by atoms with Crippen molar-refractivity contribution in [2.45, 2.75) is 83.8 Å². The van der Waals surface area contributed by atoms with Gasteiger partial charge in [-0.1, -0.05) is 32.4 Å². The van der Waals surface area contributed by atoms with Crippen LogP contribution in [0.1, 0.15) is 87.6 Å². The van der Waals surface area contributed by atoms with Gasteiger partial charge in [-0.2, -0.15) is 0 Å². The number of hydrogen-bond donors (Lipinski definition) is 2. The molecule has 1 aliphatic carbocycles. The first-order valence-electron chi connectivity index (χ1n) is 17.0. The number of likely N-dealkylation sites (tertiary alicyclic amines) is 1. The zero-order valence-corrected chi connectivity index (χ0v) is 27.6. The monoisotopic (exact) mass is 622 g/mol. The number of carbonyl (C=O) groups is 1. The number of hydrogen-bond acceptors (Lipinski definition) is 6. The predicted molar refractivity (Wildman–Crippen MR) is 179 cm³/mol. The van der Waals surface area contributed by atoms with Crippen LogP contribution in [0.25, 0.3) is 0 Å². The third-order valence-electron chi connectivity index (χ3n) is 10.3. The van der Waals surface area contributed by atoms with Crippen molar-refractivity contribution in [3.63, 3.8) is 0 Å². The van der Waals surface area contributed by atoms with E-state index in [0.717, 1.165) is 100 Å². The summed E-state index contributed by atoms with van der Waals surface area (Å²) in [6.45, 7) is 14.2. The highest BCUT2D eigenvalue weighted by molar-refractivity contribution is 6.31. The number of ether oxygens (including phenoxy) is 2. The summed E-state index contributed by atoms with van der Waals surface area (Å²) in [6, 6.07) is 12.3. The Morgan fingerprint density at radius 1 is 0.818 bits per heavy atom. The van der Waals surface area contributed by atoms with E-state index in [-0.39, 0.29) is 18.1 Å². The van der Waals surface area contributed by atoms with Crippen LogP contribution in [0.3, 0.4) is 0 Å². The standard InChI is InChI=1S/C36H51ClN4O3/c1-36(2,3)27-7-4-25(5-8-27)33-20-26(6-9-34(33)44-31-10-13-39-24-31)35(42)41-16-11-30(12-17-41)43-32-22-28(37)21-29(23-32)40-18-14-38-15-19-40/h6,9,20-23,25,27,30-31,38-39H,4-5,7-8,10-19,24H2,1-3H3/t25?,27?,31-/m0/s1. The van der Waals surface area contributed by atoms with Gasteiger partial charge in [0.15, 0.2) is 0 Å². The average molecular weight is 623 g/mol. The first-order chi connectivity index (χ1) is 21.2. The normalized spacial score (nSPS) is 25.2. The number of nitrogens with one attached hydrogen (secondary N) is 2. The van der Waals surface area contributed by atoms with Gasteiger partial charge in [0.05, 0.1) is 0 Å². The number of piperidine rings is 1. The summed E-state index contributed by atoms with van der Waals surface area (Å²) in [5, 5.41) is 7.52. The van der Waals surface area contributed by atoms with Crippen LogP contribution < -0.4 is 25.0 Å². The fraction of sp³-hybridized carbons (Fsp3) is 0.639. The van der Waals surface area contributed by atoms with E-state index >= 15 is 0 Å². The maximum absolute atomic E-state index is 13.8. The van der Waals surface area contributed by atoms with Gasteiger partial charge in [0.1, 0.15) is 23.7 Å². The second-order valence-corrected chi connectivity index (χ2v) is 14.8. The van der Waals surface area contributed by atoms with Gasteiger partial charge in [-0.3, -0.25) is 4.79 Å². The zero-order valence-electron chi connectivity index (χ0n) is 26.9. The minimum absolute atomic E-state index is 0.0674. The van der Waals surface area contributed by atoms with E-state index in [0.29, 0.717) is 29.4 Å². The summed E-state index contributed by atoms with van der Waals surface area (Å²) < 4.78 is 13.0. The Hall–Kier alpha value is -2.48. The SMILES string of the molecule is CC(C)(C)C1CCC(c2cc(C(=O)N3CCC(Oc4cc(Cl)cc(N5CCNCC5)c4)CC3)ccc2O[C@H]2CCNC2)CC1. The molecule has 0 bridgehead atoms. The number of rotatable bonds is 7. The minimum Gasteiger partial charge on any atom is -0.490 e. The first kappa shape index (κ1) is 31.5. The fourth-order valence-corrected chi connectivity index (χ4v) is 7.78. The van der Waals surface area contributed by atoms with Crippen LogP contribution in [-0.4, -0.2) is 75.4 Å². The summed E-state index contributed by atoms with van der Waals surface area (Å²) in [6.07, 6.45) is 7.68. The molecule has 240 valence electrons. The van der Waals surface area contributed by atoms with Crippen LogP contribution in [0, 0.1) is 11.3 Å². The molecule has 4 fully saturated rings. The smallest absolute Gasteiger partial charge is 0.253 e. The molecule has 3 aliphatic heterocycles. The van der Waals surface area contributed by atoms with Gasteiger partial charge in [0, 0.05) is 81.0 Å². The van der Waals surface area contributed by atoms with Crippen molar-refractivity contribution in [3.8, 4) is 11.5 Å². The van der Waals surface area contributed by atoms with Gasteiger partial charge < -0.3 is 29.9 Å². The predicted octanol–water partition coefficient (Wildman–Crippen LogP) is 6.49. The number of benzene rings is 2. The summed E-state index contributed by atoms with van der Waals surface area (Å²) in [5.74, 6) is 3.09. The lowest BCUT2D eigenvalue weighted by Crippen LogP contribution is -2.43. The number of halogens is 1. The van der Waals surface area contributed by atoms with E-state index in [1.807, 2.05) is 23.1 Å². The molecule has 8 heteroatoms. The molecule has 3 heterocycles.